The molecule has 3 unspecified atom stereocenters. The van der Waals surface area contributed by atoms with Gasteiger partial charge in [-0.15, -0.1) is 0 Å². The number of nitrogens with one attached hydrogen (secondary N) is 4. The molecule has 2 fully saturated rings. The maximum atomic E-state index is 11.6. The van der Waals surface area contributed by atoms with Crippen LogP contribution in [0.3, 0.4) is 0 Å². The Labute approximate surface area is 101 Å². The average molecular weight is 247 g/mol. The molecule has 0 aliphatic carbocycles. The Kier molecular flexibility index (Phi) is 1.86. The zero-order valence-corrected chi connectivity index (χ0v) is 9.62. The maximum absolute atomic E-state index is 11.6. The molecule has 3 atom stereocenters. The Hall–Kier alpha value is -1.89. The van der Waals surface area contributed by atoms with Crippen molar-refractivity contribution in [3.05, 3.63) is 26.7 Å². The molecule has 7 heteroatoms. The van der Waals surface area contributed by atoms with Gasteiger partial charge in [-0.25, -0.2) is 9.78 Å². The normalized spacial score (nSPS) is 30.3. The summed E-state index contributed by atoms with van der Waals surface area (Å²) in [6, 6.07) is 1.02. The Balaban J connectivity index is 1.85. The molecule has 94 valence electrons. The number of rotatable bonds is 1. The number of H-pyrrole nitrogens is 3. The maximum Gasteiger partial charge on any atom is 0.327 e. The number of nitrogens with zero attached hydrogens (tertiary/aromatic N) is 1. The Morgan fingerprint density at radius 1 is 1.11 bits per heavy atom. The van der Waals surface area contributed by atoms with Gasteiger partial charge in [-0.3, -0.25) is 14.8 Å². The molecular weight excluding hydrogens is 234 g/mol. The van der Waals surface area contributed by atoms with Crippen LogP contribution in [0.4, 0.5) is 0 Å². The molecule has 4 N–H and O–H groups in total. The van der Waals surface area contributed by atoms with Crippen molar-refractivity contribution in [2.75, 3.05) is 0 Å². The highest BCUT2D eigenvalue weighted by Crippen LogP contribution is 2.38. The number of hydrogen-bond acceptors (Lipinski definition) is 4. The number of hydrogen-bond donors (Lipinski definition) is 4. The molecule has 2 aromatic heterocycles. The van der Waals surface area contributed by atoms with E-state index in [1.54, 1.807) is 0 Å². The first-order chi connectivity index (χ1) is 8.70. The molecule has 4 rings (SSSR count). The molecule has 2 aromatic rings. The molecule has 2 aliphatic heterocycles. The minimum absolute atomic E-state index is 0.319. The van der Waals surface area contributed by atoms with E-state index in [0.717, 1.165) is 18.7 Å². The van der Waals surface area contributed by atoms with Crippen LogP contribution in [0.1, 0.15) is 31.0 Å². The zero-order valence-electron chi connectivity index (χ0n) is 9.62. The van der Waals surface area contributed by atoms with E-state index in [4.69, 9.17) is 0 Å². The number of fused-ring (bicyclic) bond motifs is 3. The van der Waals surface area contributed by atoms with Crippen molar-refractivity contribution in [3.8, 4) is 0 Å². The van der Waals surface area contributed by atoms with Gasteiger partial charge < -0.3 is 10.3 Å². The SMILES string of the molecule is O=c1[nH]c(=O)c2[nH]c(C3CC4CCC3N4)nc2[nH]1. The predicted octanol–water partition coefficient (Wildman–Crippen LogP) is -0.453. The molecule has 2 aliphatic rings. The van der Waals surface area contributed by atoms with Crippen molar-refractivity contribution in [1.29, 1.82) is 0 Å². The van der Waals surface area contributed by atoms with Crippen LogP contribution in [0, 0.1) is 0 Å². The van der Waals surface area contributed by atoms with Gasteiger partial charge in [0.1, 0.15) is 11.3 Å². The number of aromatic amines is 3. The van der Waals surface area contributed by atoms with Gasteiger partial charge in [0.2, 0.25) is 0 Å². The lowest BCUT2D eigenvalue weighted by molar-refractivity contribution is 0.490. The van der Waals surface area contributed by atoms with Gasteiger partial charge in [-0.05, 0) is 19.3 Å². The lowest BCUT2D eigenvalue weighted by Crippen LogP contribution is -2.22. The topological polar surface area (TPSA) is 106 Å². The monoisotopic (exact) mass is 247 g/mol. The van der Waals surface area contributed by atoms with Gasteiger partial charge in [-0.1, -0.05) is 0 Å². The van der Waals surface area contributed by atoms with Gasteiger partial charge in [0, 0.05) is 18.0 Å². The molecule has 0 spiro atoms. The Morgan fingerprint density at radius 2 is 2.00 bits per heavy atom. The van der Waals surface area contributed by atoms with Crippen LogP contribution < -0.4 is 16.6 Å². The molecule has 0 saturated carbocycles. The van der Waals surface area contributed by atoms with E-state index in [0.29, 0.717) is 29.2 Å². The van der Waals surface area contributed by atoms with Crippen LogP contribution in [0.25, 0.3) is 11.2 Å². The molecule has 4 heterocycles. The lowest BCUT2D eigenvalue weighted by Gasteiger charge is -2.17. The van der Waals surface area contributed by atoms with E-state index in [1.165, 1.54) is 6.42 Å². The summed E-state index contributed by atoms with van der Waals surface area (Å²) < 4.78 is 0. The third-order valence-corrected chi connectivity index (χ3v) is 4.06. The van der Waals surface area contributed by atoms with Gasteiger partial charge >= 0.3 is 5.69 Å². The van der Waals surface area contributed by atoms with E-state index >= 15 is 0 Å². The molecule has 2 saturated heterocycles. The van der Waals surface area contributed by atoms with Crippen LogP contribution in [-0.2, 0) is 0 Å². The highest BCUT2D eigenvalue weighted by molar-refractivity contribution is 5.68. The summed E-state index contributed by atoms with van der Waals surface area (Å²) in [6.45, 7) is 0. The fraction of sp³-hybridized carbons (Fsp3) is 0.545. The lowest BCUT2D eigenvalue weighted by atomic mass is 9.89. The van der Waals surface area contributed by atoms with Crippen molar-refractivity contribution in [2.24, 2.45) is 0 Å². The second kappa shape index (κ2) is 3.32. The highest BCUT2D eigenvalue weighted by atomic mass is 16.2. The number of aromatic nitrogens is 4. The summed E-state index contributed by atoms with van der Waals surface area (Å²) in [7, 11) is 0. The zero-order chi connectivity index (χ0) is 12.3. The van der Waals surface area contributed by atoms with E-state index in [1.807, 2.05) is 0 Å². The molecular formula is C11H13N5O2. The minimum Gasteiger partial charge on any atom is -0.336 e. The van der Waals surface area contributed by atoms with Crippen molar-refractivity contribution >= 4 is 11.2 Å². The Morgan fingerprint density at radius 3 is 2.72 bits per heavy atom. The summed E-state index contributed by atoms with van der Waals surface area (Å²) in [5, 5.41) is 3.53. The number of imidazole rings is 1. The van der Waals surface area contributed by atoms with Gasteiger partial charge in [0.15, 0.2) is 5.65 Å². The third-order valence-electron chi connectivity index (χ3n) is 4.06. The van der Waals surface area contributed by atoms with Crippen LogP contribution >= 0.6 is 0 Å². The van der Waals surface area contributed by atoms with Crippen molar-refractivity contribution < 1.29 is 0 Å². The first-order valence-corrected chi connectivity index (χ1v) is 6.19. The molecule has 18 heavy (non-hydrogen) atoms. The fourth-order valence-corrected chi connectivity index (χ4v) is 3.25. The highest BCUT2D eigenvalue weighted by Gasteiger charge is 2.41. The standard InChI is InChI=1S/C11H13N5O2/c17-10-7-9(15-11(18)16-10)14-8(13-7)5-3-4-1-2-6(5)12-4/h4-6,12H,1-3H2,(H3,13,14,15,16,17,18). The largest absolute Gasteiger partial charge is 0.336 e. The van der Waals surface area contributed by atoms with Gasteiger partial charge in [0.25, 0.3) is 5.56 Å². The molecule has 0 aromatic carbocycles. The van der Waals surface area contributed by atoms with Crippen LogP contribution in [0.15, 0.2) is 9.59 Å². The summed E-state index contributed by atoms with van der Waals surface area (Å²) in [4.78, 5) is 35.0. The van der Waals surface area contributed by atoms with E-state index in [9.17, 15) is 9.59 Å². The molecule has 7 nitrogen and oxygen atoms in total. The van der Waals surface area contributed by atoms with Crippen molar-refractivity contribution in [2.45, 2.75) is 37.3 Å². The summed E-state index contributed by atoms with van der Waals surface area (Å²) in [5.74, 6) is 1.12. The first-order valence-electron chi connectivity index (χ1n) is 6.19. The third kappa shape index (κ3) is 1.30. The molecule has 2 bridgehead atoms. The van der Waals surface area contributed by atoms with Gasteiger partial charge in [-0.2, -0.15) is 0 Å². The van der Waals surface area contributed by atoms with Crippen molar-refractivity contribution in [1.82, 2.24) is 25.3 Å². The smallest absolute Gasteiger partial charge is 0.327 e. The average Bonchev–Trinajstić information content (AvgIpc) is 3.01. The predicted molar refractivity (Wildman–Crippen MR) is 64.6 cm³/mol. The summed E-state index contributed by atoms with van der Waals surface area (Å²) in [5.41, 5.74) is -0.228. The Bertz CT molecular complexity index is 727. The minimum atomic E-state index is -0.517. The van der Waals surface area contributed by atoms with Crippen LogP contribution in [0.5, 0.6) is 0 Å². The van der Waals surface area contributed by atoms with Crippen LogP contribution in [0.2, 0.25) is 0 Å². The van der Waals surface area contributed by atoms with Crippen molar-refractivity contribution in [3.63, 3.8) is 0 Å². The van der Waals surface area contributed by atoms with Crippen LogP contribution in [-0.4, -0.2) is 32.0 Å². The second-order valence-corrected chi connectivity index (χ2v) is 5.14. The summed E-state index contributed by atoms with van der Waals surface area (Å²) in [6.07, 6.45) is 3.42. The summed E-state index contributed by atoms with van der Waals surface area (Å²) >= 11 is 0. The first kappa shape index (κ1) is 10.1. The fourth-order valence-electron chi connectivity index (χ4n) is 3.25. The van der Waals surface area contributed by atoms with E-state index in [-0.39, 0.29) is 0 Å². The quantitative estimate of drug-likeness (QED) is 0.547. The van der Waals surface area contributed by atoms with Gasteiger partial charge in [0.05, 0.1) is 0 Å². The molecule has 0 amide bonds. The molecule has 0 radical (unpaired) electrons. The van der Waals surface area contributed by atoms with E-state index in [2.05, 4.69) is 25.3 Å². The second-order valence-electron chi connectivity index (χ2n) is 5.14. The van der Waals surface area contributed by atoms with E-state index < -0.39 is 11.2 Å².